The molecule has 1 saturated heterocycles. The molecular formula is C24H33NO4. The van der Waals surface area contributed by atoms with E-state index in [0.717, 1.165) is 37.0 Å². The molecule has 0 aromatic heterocycles. The molecule has 1 atom stereocenters. The van der Waals surface area contributed by atoms with Crippen molar-refractivity contribution in [3.05, 3.63) is 41.5 Å². The number of amides is 1. The van der Waals surface area contributed by atoms with Gasteiger partial charge in [-0.15, -0.1) is 0 Å². The molecule has 1 amide bonds. The second-order valence-electron chi connectivity index (χ2n) is 8.23. The van der Waals surface area contributed by atoms with Crippen molar-refractivity contribution in [2.45, 2.75) is 58.3 Å². The van der Waals surface area contributed by atoms with Crippen LogP contribution in [0.15, 0.2) is 35.9 Å². The van der Waals surface area contributed by atoms with Gasteiger partial charge in [0.2, 0.25) is 5.91 Å². The van der Waals surface area contributed by atoms with Gasteiger partial charge in [-0.05, 0) is 69.6 Å². The zero-order valence-corrected chi connectivity index (χ0v) is 17.7. The zero-order valence-electron chi connectivity index (χ0n) is 17.7. The van der Waals surface area contributed by atoms with Crippen molar-refractivity contribution in [2.75, 3.05) is 26.8 Å². The third-order valence-electron chi connectivity index (χ3n) is 6.08. The number of piperidine rings is 1. The number of hydrogen-bond acceptors (Lipinski definition) is 4. The van der Waals surface area contributed by atoms with E-state index in [-0.39, 0.29) is 11.9 Å². The van der Waals surface area contributed by atoms with Crippen LogP contribution in [-0.4, -0.2) is 43.6 Å². The largest absolute Gasteiger partial charge is 0.497 e. The number of carbonyl (C=O) groups excluding carboxylic acids is 2. The van der Waals surface area contributed by atoms with Crippen LogP contribution in [0.4, 0.5) is 0 Å². The first kappa shape index (κ1) is 21.4. The summed E-state index contributed by atoms with van der Waals surface area (Å²) in [6, 6.07) is 7.81. The Bertz CT molecular complexity index is 757. The van der Waals surface area contributed by atoms with Crippen LogP contribution >= 0.6 is 0 Å². The Morgan fingerprint density at radius 1 is 1.21 bits per heavy atom. The van der Waals surface area contributed by atoms with Crippen LogP contribution in [0.25, 0.3) is 0 Å². The highest BCUT2D eigenvalue weighted by Crippen LogP contribution is 2.36. The van der Waals surface area contributed by atoms with Crippen LogP contribution in [0.3, 0.4) is 0 Å². The summed E-state index contributed by atoms with van der Waals surface area (Å²) in [4.78, 5) is 27.9. The average molecular weight is 400 g/mol. The summed E-state index contributed by atoms with van der Waals surface area (Å²) in [5.41, 5.74) is 1.58. The van der Waals surface area contributed by atoms with Crippen LogP contribution < -0.4 is 4.74 Å². The molecule has 0 saturated carbocycles. The number of hydrogen-bond donors (Lipinski definition) is 0. The molecule has 5 heteroatoms. The molecule has 0 unspecified atom stereocenters. The Balaban J connectivity index is 1.78. The van der Waals surface area contributed by atoms with Gasteiger partial charge in [0.25, 0.3) is 0 Å². The molecule has 0 bridgehead atoms. The van der Waals surface area contributed by atoms with E-state index < -0.39 is 5.41 Å². The van der Waals surface area contributed by atoms with Crippen LogP contribution in [-0.2, 0) is 20.7 Å². The van der Waals surface area contributed by atoms with E-state index in [1.54, 1.807) is 7.11 Å². The highest BCUT2D eigenvalue weighted by Gasteiger charge is 2.44. The van der Waals surface area contributed by atoms with Crippen molar-refractivity contribution in [1.82, 2.24) is 4.90 Å². The van der Waals surface area contributed by atoms with E-state index in [1.165, 1.54) is 18.4 Å². The Kier molecular flexibility index (Phi) is 7.34. The van der Waals surface area contributed by atoms with Crippen molar-refractivity contribution >= 4 is 11.9 Å². The first-order valence-electron chi connectivity index (χ1n) is 10.8. The van der Waals surface area contributed by atoms with Gasteiger partial charge in [0.05, 0.1) is 19.1 Å². The van der Waals surface area contributed by atoms with E-state index >= 15 is 0 Å². The number of likely N-dealkylation sites (tertiary alicyclic amines) is 1. The van der Waals surface area contributed by atoms with Crippen LogP contribution in [0.2, 0.25) is 0 Å². The average Bonchev–Trinajstić information content (AvgIpc) is 2.75. The Labute approximate surface area is 174 Å². The minimum atomic E-state index is -0.697. The zero-order chi connectivity index (χ0) is 20.7. The van der Waals surface area contributed by atoms with Gasteiger partial charge >= 0.3 is 5.97 Å². The van der Waals surface area contributed by atoms with Gasteiger partial charge in [0.1, 0.15) is 5.75 Å². The number of rotatable bonds is 7. The third kappa shape index (κ3) is 5.40. The molecule has 29 heavy (non-hydrogen) atoms. The van der Waals surface area contributed by atoms with Crippen LogP contribution in [0, 0.1) is 5.41 Å². The molecule has 2 aliphatic rings. The summed E-state index contributed by atoms with van der Waals surface area (Å²) < 4.78 is 10.8. The third-order valence-corrected chi connectivity index (χ3v) is 6.08. The molecule has 1 aromatic rings. The van der Waals surface area contributed by atoms with Gasteiger partial charge in [-0.25, -0.2) is 0 Å². The lowest BCUT2D eigenvalue weighted by molar-refractivity contribution is -0.160. The summed E-state index contributed by atoms with van der Waals surface area (Å²) in [5.74, 6) is 0.712. The second kappa shape index (κ2) is 9.95. The maximum atomic E-state index is 13.0. The van der Waals surface area contributed by atoms with Crippen LogP contribution in [0.1, 0.15) is 57.4 Å². The topological polar surface area (TPSA) is 55.8 Å². The molecular weight excluding hydrogens is 366 g/mol. The van der Waals surface area contributed by atoms with Gasteiger partial charge in [-0.1, -0.05) is 23.8 Å². The molecule has 3 rings (SSSR count). The summed E-state index contributed by atoms with van der Waals surface area (Å²) >= 11 is 0. The van der Waals surface area contributed by atoms with Gasteiger partial charge in [-0.2, -0.15) is 0 Å². The fourth-order valence-corrected chi connectivity index (χ4v) is 4.56. The van der Waals surface area contributed by atoms with Crippen molar-refractivity contribution in [2.24, 2.45) is 5.41 Å². The summed E-state index contributed by atoms with van der Waals surface area (Å²) in [7, 11) is 1.64. The lowest BCUT2D eigenvalue weighted by Crippen LogP contribution is -2.51. The fraction of sp³-hybridized carbons (Fsp3) is 0.583. The first-order chi connectivity index (χ1) is 14.1. The van der Waals surface area contributed by atoms with Crippen LogP contribution in [0.5, 0.6) is 5.75 Å². The molecule has 1 aliphatic carbocycles. The van der Waals surface area contributed by atoms with E-state index in [4.69, 9.17) is 9.47 Å². The summed E-state index contributed by atoms with van der Waals surface area (Å²) in [5, 5.41) is 0. The van der Waals surface area contributed by atoms with Crippen molar-refractivity contribution in [1.29, 1.82) is 0 Å². The molecule has 158 valence electrons. The van der Waals surface area contributed by atoms with E-state index in [2.05, 4.69) is 6.08 Å². The highest BCUT2D eigenvalue weighted by atomic mass is 16.5. The predicted molar refractivity (Wildman–Crippen MR) is 113 cm³/mol. The number of allylic oxidation sites excluding steroid dienone is 1. The minimum absolute atomic E-state index is 0.136. The maximum absolute atomic E-state index is 13.0. The standard InChI is InChI=1S/C24H33NO4/c1-3-29-23(27)24(17-20-11-7-12-21(15-20)28-2)13-8-14-25(18-24)22(26)16-19-9-5-4-6-10-19/h7,9,11-12,15H,3-6,8,10,13-14,16-18H2,1-2H3/t24-/m0/s1. The Hall–Kier alpha value is -2.30. The van der Waals surface area contributed by atoms with Gasteiger partial charge in [-0.3, -0.25) is 9.59 Å². The monoisotopic (exact) mass is 399 g/mol. The van der Waals surface area contributed by atoms with Crippen molar-refractivity contribution < 1.29 is 19.1 Å². The molecule has 0 N–H and O–H groups in total. The van der Waals surface area contributed by atoms with E-state index in [0.29, 0.717) is 32.5 Å². The smallest absolute Gasteiger partial charge is 0.314 e. The number of benzene rings is 1. The maximum Gasteiger partial charge on any atom is 0.314 e. The van der Waals surface area contributed by atoms with E-state index in [1.807, 2.05) is 36.1 Å². The SMILES string of the molecule is CCOC(=O)[C@]1(Cc2cccc(OC)c2)CCCN(C(=O)CC2=CCCCC2)C1. The fourth-order valence-electron chi connectivity index (χ4n) is 4.56. The number of nitrogens with zero attached hydrogens (tertiary/aromatic N) is 1. The van der Waals surface area contributed by atoms with Gasteiger partial charge in [0.15, 0.2) is 0 Å². The lowest BCUT2D eigenvalue weighted by Gasteiger charge is -2.41. The first-order valence-corrected chi connectivity index (χ1v) is 10.8. The Morgan fingerprint density at radius 2 is 2.07 bits per heavy atom. The lowest BCUT2D eigenvalue weighted by atomic mass is 9.75. The highest BCUT2D eigenvalue weighted by molar-refractivity contribution is 5.82. The molecule has 1 fully saturated rings. The summed E-state index contributed by atoms with van der Waals surface area (Å²) in [6.45, 7) is 3.32. The quantitative estimate of drug-likeness (QED) is 0.507. The molecule has 0 radical (unpaired) electrons. The molecule has 1 aliphatic heterocycles. The molecule has 1 heterocycles. The number of ether oxygens (including phenoxy) is 2. The molecule has 5 nitrogen and oxygen atoms in total. The normalized spacial score (nSPS) is 22.0. The van der Waals surface area contributed by atoms with Gasteiger partial charge < -0.3 is 14.4 Å². The van der Waals surface area contributed by atoms with Gasteiger partial charge in [0, 0.05) is 19.5 Å². The van der Waals surface area contributed by atoms with Crippen molar-refractivity contribution in [3.63, 3.8) is 0 Å². The number of carbonyl (C=O) groups is 2. The number of esters is 1. The van der Waals surface area contributed by atoms with Crippen molar-refractivity contribution in [3.8, 4) is 5.75 Å². The predicted octanol–water partition coefficient (Wildman–Crippen LogP) is 4.30. The Morgan fingerprint density at radius 3 is 2.79 bits per heavy atom. The summed E-state index contributed by atoms with van der Waals surface area (Å²) in [6.07, 6.45) is 9.28. The number of methoxy groups -OCH3 is 1. The molecule has 0 spiro atoms. The second-order valence-corrected chi connectivity index (χ2v) is 8.23. The minimum Gasteiger partial charge on any atom is -0.497 e. The van der Waals surface area contributed by atoms with E-state index in [9.17, 15) is 9.59 Å². The molecule has 1 aromatic carbocycles.